The van der Waals surface area contributed by atoms with Gasteiger partial charge < -0.3 is 29.3 Å². The Morgan fingerprint density at radius 2 is 2.28 bits per heavy atom. The topological polar surface area (TPSA) is 99.1 Å². The van der Waals surface area contributed by atoms with Crippen LogP contribution in [0.5, 0.6) is 11.5 Å². The second-order valence-electron chi connectivity index (χ2n) is 4.73. The van der Waals surface area contributed by atoms with Crippen molar-refractivity contribution in [2.75, 3.05) is 7.11 Å². The van der Waals surface area contributed by atoms with E-state index in [-0.39, 0.29) is 28.8 Å². The van der Waals surface area contributed by atoms with Crippen molar-refractivity contribution >= 4 is 12.7 Å². The number of carboxylic acid groups (broad SMARTS) is 1. The Bertz CT molecular complexity index is 541. The Balaban J connectivity index is 2.20. The van der Waals surface area contributed by atoms with Gasteiger partial charge in [0.05, 0.1) is 24.4 Å². The van der Waals surface area contributed by atoms with Crippen molar-refractivity contribution in [1.82, 2.24) is 0 Å². The quantitative estimate of drug-likeness (QED) is 0.669. The van der Waals surface area contributed by atoms with Crippen molar-refractivity contribution in [2.45, 2.75) is 18.2 Å². The molecule has 0 spiro atoms. The number of hydrogen-bond acceptors (Lipinski definition) is 6. The molecule has 0 bridgehead atoms. The Morgan fingerprint density at radius 1 is 1.56 bits per heavy atom. The van der Waals surface area contributed by atoms with Gasteiger partial charge in [0, 0.05) is 0 Å². The predicted molar refractivity (Wildman–Crippen MR) is 59.3 cm³/mol. The molecule has 0 aromatic heterocycles. The lowest BCUT2D eigenvalue weighted by molar-refractivity contribution is -0.255. The van der Waals surface area contributed by atoms with Gasteiger partial charge in [0.25, 0.3) is 0 Å². The average molecular weight is 250 g/mol. The first-order valence-electron chi connectivity index (χ1n) is 5.66. The summed E-state index contributed by atoms with van der Waals surface area (Å²) in [6.07, 6.45) is 0.582. The van der Waals surface area contributed by atoms with Crippen LogP contribution < -0.4 is 14.5 Å². The van der Waals surface area contributed by atoms with Crippen molar-refractivity contribution in [3.05, 3.63) is 23.3 Å². The fourth-order valence-corrected chi connectivity index (χ4v) is 2.68. The van der Waals surface area contributed by atoms with Gasteiger partial charge in [0.2, 0.25) is 0 Å². The van der Waals surface area contributed by atoms with Crippen LogP contribution in [0.25, 0.3) is 0 Å². The molecule has 1 aromatic carbocycles. The van der Waals surface area contributed by atoms with Crippen molar-refractivity contribution in [3.8, 4) is 11.5 Å². The van der Waals surface area contributed by atoms with Crippen LogP contribution in [0.4, 0.5) is 0 Å². The summed E-state index contributed by atoms with van der Waals surface area (Å²) in [5.41, 5.74) is 0.398. The van der Waals surface area contributed by atoms with Crippen LogP contribution in [0.3, 0.4) is 0 Å². The molecule has 0 amide bonds. The highest BCUT2D eigenvalue weighted by Gasteiger charge is 2.55. The minimum atomic E-state index is -3.00. The SMILES string of the molecule is COc1ccc2c(c1C(=O)[O-])O[B-](O)(O)[C@H]1C[C@@H]21. The summed E-state index contributed by atoms with van der Waals surface area (Å²) in [5, 5.41) is 30.6. The summed E-state index contributed by atoms with van der Waals surface area (Å²) in [5.74, 6) is -1.83. The summed E-state index contributed by atoms with van der Waals surface area (Å²) >= 11 is 0. The fraction of sp³-hybridized carbons (Fsp3) is 0.364. The summed E-state index contributed by atoms with van der Waals surface area (Å²) in [7, 11) is 1.33. The minimum absolute atomic E-state index is 0.0434. The first-order valence-corrected chi connectivity index (χ1v) is 5.66. The molecule has 1 aliphatic heterocycles. The van der Waals surface area contributed by atoms with Gasteiger partial charge in [-0.25, -0.2) is 0 Å². The van der Waals surface area contributed by atoms with E-state index in [1.165, 1.54) is 13.2 Å². The third kappa shape index (κ3) is 1.41. The van der Waals surface area contributed by atoms with E-state index in [4.69, 9.17) is 9.39 Å². The van der Waals surface area contributed by atoms with Crippen molar-refractivity contribution in [1.29, 1.82) is 0 Å². The van der Waals surface area contributed by atoms with Gasteiger partial charge in [-0.1, -0.05) is 18.3 Å². The number of carbonyl (C=O) groups is 1. The first-order chi connectivity index (χ1) is 8.45. The summed E-state index contributed by atoms with van der Waals surface area (Å²) in [6.45, 7) is -3.00. The summed E-state index contributed by atoms with van der Waals surface area (Å²) in [6, 6.07) is 3.22. The van der Waals surface area contributed by atoms with Crippen LogP contribution in [0.1, 0.15) is 28.3 Å². The second kappa shape index (κ2) is 3.40. The monoisotopic (exact) mass is 250 g/mol. The van der Waals surface area contributed by atoms with Crippen LogP contribution >= 0.6 is 0 Å². The molecule has 1 saturated carbocycles. The van der Waals surface area contributed by atoms with Crippen LogP contribution in [-0.4, -0.2) is 29.9 Å². The second-order valence-corrected chi connectivity index (χ2v) is 4.73. The standard InChI is InChI=1S/C11H12BO6/c1-17-8-3-2-5-6-4-7(6)12(15,16)18-10(5)9(8)11(13)14/h2-3,6-7,15-16H,4H2,1H3,(H,13,14)/q-1/p-1/t6-,7-/m0/s1. The Hall–Kier alpha value is -1.73. The Morgan fingerprint density at radius 3 is 2.89 bits per heavy atom. The van der Waals surface area contributed by atoms with E-state index in [1.54, 1.807) is 6.07 Å². The van der Waals surface area contributed by atoms with E-state index >= 15 is 0 Å². The number of benzene rings is 1. The zero-order valence-corrected chi connectivity index (χ0v) is 9.62. The van der Waals surface area contributed by atoms with E-state index < -0.39 is 12.7 Å². The third-order valence-electron chi connectivity index (χ3n) is 3.66. The van der Waals surface area contributed by atoms with Crippen LogP contribution in [0, 0.1) is 0 Å². The number of ether oxygens (including phenoxy) is 1. The van der Waals surface area contributed by atoms with Crippen LogP contribution in [-0.2, 0) is 0 Å². The highest BCUT2D eigenvalue weighted by molar-refractivity contribution is 6.62. The largest absolute Gasteiger partial charge is 0.669 e. The molecule has 2 aliphatic rings. The molecule has 0 unspecified atom stereocenters. The molecule has 3 rings (SSSR count). The zero-order valence-electron chi connectivity index (χ0n) is 9.62. The maximum absolute atomic E-state index is 11.2. The highest BCUT2D eigenvalue weighted by Crippen LogP contribution is 2.63. The van der Waals surface area contributed by atoms with Crippen LogP contribution in [0.15, 0.2) is 12.1 Å². The number of hydrogen-bond donors (Lipinski definition) is 2. The molecule has 7 heteroatoms. The molecule has 1 heterocycles. The molecule has 18 heavy (non-hydrogen) atoms. The maximum atomic E-state index is 11.2. The molecule has 6 nitrogen and oxygen atoms in total. The van der Waals surface area contributed by atoms with E-state index in [0.29, 0.717) is 12.0 Å². The Labute approximate surface area is 103 Å². The minimum Gasteiger partial charge on any atom is -0.669 e. The van der Waals surface area contributed by atoms with E-state index in [9.17, 15) is 19.9 Å². The first kappa shape index (κ1) is 11.4. The average Bonchev–Trinajstić information content (AvgIpc) is 3.07. The molecular formula is C11H11BO6-2. The smallest absolute Gasteiger partial charge is 0.434 e. The molecular weight excluding hydrogens is 239 g/mol. The highest BCUT2D eigenvalue weighted by atomic mass is 16.6. The predicted octanol–water partition coefficient (Wildman–Crippen LogP) is -0.768. The molecule has 1 aromatic rings. The fourth-order valence-electron chi connectivity index (χ4n) is 2.68. The van der Waals surface area contributed by atoms with Crippen molar-refractivity contribution < 1.29 is 29.3 Å². The van der Waals surface area contributed by atoms with Gasteiger partial charge in [-0.2, -0.15) is 0 Å². The lowest BCUT2D eigenvalue weighted by Gasteiger charge is -2.37. The molecule has 2 atom stereocenters. The maximum Gasteiger partial charge on any atom is 0.434 e. The number of carboxylic acids is 1. The molecule has 0 saturated heterocycles. The molecule has 1 aliphatic carbocycles. The lowest BCUT2D eigenvalue weighted by atomic mass is 9.68. The van der Waals surface area contributed by atoms with Gasteiger partial charge >= 0.3 is 6.75 Å². The molecule has 2 N–H and O–H groups in total. The number of rotatable bonds is 2. The van der Waals surface area contributed by atoms with Gasteiger partial charge in [0.1, 0.15) is 5.75 Å². The number of carbonyl (C=O) groups excluding carboxylic acids is 1. The van der Waals surface area contributed by atoms with E-state index in [0.717, 1.165) is 0 Å². The third-order valence-corrected chi connectivity index (χ3v) is 3.66. The molecule has 96 valence electrons. The van der Waals surface area contributed by atoms with E-state index in [1.807, 2.05) is 0 Å². The van der Waals surface area contributed by atoms with Gasteiger partial charge in [0.15, 0.2) is 0 Å². The van der Waals surface area contributed by atoms with E-state index in [2.05, 4.69) is 0 Å². The normalized spacial score (nSPS) is 26.6. The van der Waals surface area contributed by atoms with Crippen LogP contribution in [0.2, 0.25) is 5.82 Å². The summed E-state index contributed by atoms with van der Waals surface area (Å²) < 4.78 is 10.0. The van der Waals surface area contributed by atoms with Gasteiger partial charge in [-0.3, -0.25) is 0 Å². The molecule has 0 radical (unpaired) electrons. The van der Waals surface area contributed by atoms with Gasteiger partial charge in [-0.05, 0) is 17.5 Å². The summed E-state index contributed by atoms with van der Waals surface area (Å²) in [4.78, 5) is 11.2. The number of methoxy groups -OCH3 is 1. The number of fused-ring (bicyclic) bond motifs is 3. The number of aromatic carboxylic acids is 1. The van der Waals surface area contributed by atoms with Crippen molar-refractivity contribution in [3.63, 3.8) is 0 Å². The molecule has 1 fully saturated rings. The lowest BCUT2D eigenvalue weighted by Crippen LogP contribution is -2.46. The zero-order chi connectivity index (χ0) is 13.1. The van der Waals surface area contributed by atoms with Gasteiger partial charge in [-0.15, -0.1) is 0 Å². The Kier molecular flexibility index (Phi) is 2.15. The van der Waals surface area contributed by atoms with Crippen molar-refractivity contribution in [2.24, 2.45) is 0 Å².